The van der Waals surface area contributed by atoms with Gasteiger partial charge in [0, 0.05) is 22.3 Å². The second kappa shape index (κ2) is 7.24. The Morgan fingerprint density at radius 1 is 0.857 bits per heavy atom. The Morgan fingerprint density at radius 3 is 2.14 bits per heavy atom. The van der Waals surface area contributed by atoms with E-state index in [4.69, 9.17) is 0 Å². The average Bonchev–Trinajstić information content (AvgIpc) is 3.15. The first-order valence-electron chi connectivity index (χ1n) is 10.7. The Labute approximate surface area is 169 Å². The summed E-state index contributed by atoms with van der Waals surface area (Å²) in [5.41, 5.74) is 8.53. The molecule has 0 fully saturated rings. The van der Waals surface area contributed by atoms with Crippen molar-refractivity contribution in [3.05, 3.63) is 77.4 Å². The molecular formula is C26H33N2+. The molecule has 146 valence electrons. The first kappa shape index (κ1) is 19.0. The predicted octanol–water partition coefficient (Wildman–Crippen LogP) is 6.61. The van der Waals surface area contributed by atoms with Crippen molar-refractivity contribution < 1.29 is 4.57 Å². The molecule has 2 heteroatoms. The maximum Gasteiger partial charge on any atom is 0.254 e. The van der Waals surface area contributed by atoms with Gasteiger partial charge in [0.15, 0.2) is 0 Å². The lowest BCUT2D eigenvalue weighted by molar-refractivity contribution is -0.596. The van der Waals surface area contributed by atoms with Gasteiger partial charge in [-0.05, 0) is 30.1 Å². The number of fused-ring (bicyclic) bond motifs is 6. The van der Waals surface area contributed by atoms with Gasteiger partial charge in [0.05, 0.1) is 0 Å². The van der Waals surface area contributed by atoms with Crippen LogP contribution in [-0.2, 0) is 0 Å². The van der Waals surface area contributed by atoms with Gasteiger partial charge in [0.2, 0.25) is 0 Å². The van der Waals surface area contributed by atoms with E-state index in [1.165, 1.54) is 33.6 Å². The SMILES string of the molecule is CC(C)c1cccc2c1-n1cc[n+](c1)-c1c(C(C)C)cccc1C(C)CC2C. The van der Waals surface area contributed by atoms with Gasteiger partial charge in [-0.25, -0.2) is 9.13 Å². The molecule has 0 amide bonds. The van der Waals surface area contributed by atoms with Crippen LogP contribution in [0.15, 0.2) is 55.1 Å². The summed E-state index contributed by atoms with van der Waals surface area (Å²) < 4.78 is 4.69. The maximum atomic E-state index is 2.39. The molecule has 0 saturated heterocycles. The van der Waals surface area contributed by atoms with Crippen LogP contribution in [0.2, 0.25) is 0 Å². The molecule has 2 unspecified atom stereocenters. The lowest BCUT2D eigenvalue weighted by Crippen LogP contribution is -2.32. The minimum Gasteiger partial charge on any atom is -0.201 e. The minimum atomic E-state index is 0.497. The highest BCUT2D eigenvalue weighted by Crippen LogP contribution is 2.38. The Kier molecular flexibility index (Phi) is 4.91. The molecule has 2 nitrogen and oxygen atoms in total. The number of imidazole rings is 1. The van der Waals surface area contributed by atoms with Gasteiger partial charge < -0.3 is 0 Å². The van der Waals surface area contributed by atoms with Crippen molar-refractivity contribution in [2.24, 2.45) is 0 Å². The zero-order valence-electron chi connectivity index (χ0n) is 18.1. The van der Waals surface area contributed by atoms with Crippen molar-refractivity contribution >= 4 is 0 Å². The Morgan fingerprint density at radius 2 is 1.46 bits per heavy atom. The summed E-state index contributed by atoms with van der Waals surface area (Å²) in [6.07, 6.45) is 7.90. The molecule has 4 rings (SSSR count). The number of rotatable bonds is 2. The molecule has 2 bridgehead atoms. The highest BCUT2D eigenvalue weighted by atomic mass is 15.1. The van der Waals surface area contributed by atoms with Crippen molar-refractivity contribution in [2.45, 2.75) is 71.6 Å². The van der Waals surface area contributed by atoms with Crippen LogP contribution >= 0.6 is 0 Å². The second-order valence-corrected chi connectivity index (χ2v) is 9.15. The van der Waals surface area contributed by atoms with Gasteiger partial charge >= 0.3 is 0 Å². The van der Waals surface area contributed by atoms with Crippen LogP contribution in [0.25, 0.3) is 11.4 Å². The Hall–Kier alpha value is -2.35. The number of aromatic nitrogens is 2. The Balaban J connectivity index is 2.03. The third-order valence-corrected chi connectivity index (χ3v) is 6.36. The summed E-state index contributed by atoms with van der Waals surface area (Å²) in [5.74, 6) is 2.01. The smallest absolute Gasteiger partial charge is 0.201 e. The van der Waals surface area contributed by atoms with E-state index >= 15 is 0 Å². The lowest BCUT2D eigenvalue weighted by Gasteiger charge is -2.24. The van der Waals surface area contributed by atoms with E-state index in [9.17, 15) is 0 Å². The number of nitrogens with zero attached hydrogens (tertiary/aromatic N) is 2. The molecule has 2 heterocycles. The summed E-state index contributed by atoms with van der Waals surface area (Å²) in [6.45, 7) is 14.0. The summed E-state index contributed by atoms with van der Waals surface area (Å²) >= 11 is 0. The van der Waals surface area contributed by atoms with Crippen LogP contribution in [0.5, 0.6) is 0 Å². The summed E-state index contributed by atoms with van der Waals surface area (Å²) in [4.78, 5) is 0. The van der Waals surface area contributed by atoms with Gasteiger partial charge in [0.1, 0.15) is 23.8 Å². The van der Waals surface area contributed by atoms with Gasteiger partial charge in [-0.2, -0.15) is 0 Å². The van der Waals surface area contributed by atoms with Crippen LogP contribution in [0.4, 0.5) is 0 Å². The first-order chi connectivity index (χ1) is 13.4. The fourth-order valence-electron chi connectivity index (χ4n) is 4.89. The summed E-state index contributed by atoms with van der Waals surface area (Å²) in [7, 11) is 0. The van der Waals surface area contributed by atoms with Gasteiger partial charge in [-0.1, -0.05) is 77.9 Å². The molecule has 0 spiro atoms. The minimum absolute atomic E-state index is 0.497. The Bertz CT molecular complexity index is 915. The molecule has 3 aromatic rings. The maximum absolute atomic E-state index is 2.39. The monoisotopic (exact) mass is 373 g/mol. The normalized spacial score (nSPS) is 18.9. The highest BCUT2D eigenvalue weighted by molar-refractivity contribution is 5.52. The zero-order chi connectivity index (χ0) is 20.0. The summed E-state index contributed by atoms with van der Waals surface area (Å²) in [6, 6.07) is 13.7. The van der Waals surface area contributed by atoms with Crippen molar-refractivity contribution in [2.75, 3.05) is 0 Å². The largest absolute Gasteiger partial charge is 0.254 e. The topological polar surface area (TPSA) is 8.81 Å². The highest BCUT2D eigenvalue weighted by Gasteiger charge is 2.28. The van der Waals surface area contributed by atoms with E-state index in [0.717, 1.165) is 6.42 Å². The number of hydrogen-bond acceptors (Lipinski definition) is 0. The molecule has 0 N–H and O–H groups in total. The molecule has 2 atom stereocenters. The van der Waals surface area contributed by atoms with Crippen LogP contribution in [-0.4, -0.2) is 4.57 Å². The average molecular weight is 374 g/mol. The molecule has 0 radical (unpaired) electrons. The van der Waals surface area contributed by atoms with Crippen molar-refractivity contribution in [3.63, 3.8) is 0 Å². The van der Waals surface area contributed by atoms with Crippen LogP contribution in [0, 0.1) is 0 Å². The van der Waals surface area contributed by atoms with Crippen LogP contribution in [0.3, 0.4) is 0 Å². The number of para-hydroxylation sites is 2. The van der Waals surface area contributed by atoms with Gasteiger partial charge in [0.25, 0.3) is 6.33 Å². The molecule has 0 saturated carbocycles. The predicted molar refractivity (Wildman–Crippen MR) is 117 cm³/mol. The fraction of sp³-hybridized carbons (Fsp3) is 0.423. The number of benzene rings is 2. The van der Waals surface area contributed by atoms with E-state index in [2.05, 4.69) is 106 Å². The third kappa shape index (κ3) is 3.09. The number of hydrogen-bond donors (Lipinski definition) is 0. The molecule has 1 aliphatic heterocycles. The van der Waals surface area contributed by atoms with E-state index in [-0.39, 0.29) is 0 Å². The standard InChI is InChI=1S/C26H33N2/c1-17(2)21-9-7-11-23-19(5)15-20(6)24-12-8-10-22(18(3)4)26(24)28-14-13-27(16-28)25(21)23/h7-14,16-20H,15H2,1-6H3/q+1. The molecule has 1 aliphatic rings. The van der Waals surface area contributed by atoms with Gasteiger partial charge in [-0.3, -0.25) is 0 Å². The van der Waals surface area contributed by atoms with E-state index < -0.39 is 0 Å². The van der Waals surface area contributed by atoms with Crippen LogP contribution < -0.4 is 4.57 Å². The molecular weight excluding hydrogens is 340 g/mol. The summed E-state index contributed by atoms with van der Waals surface area (Å²) in [5, 5.41) is 0. The molecule has 0 aliphatic carbocycles. The quantitative estimate of drug-likeness (QED) is 0.447. The first-order valence-corrected chi connectivity index (χ1v) is 10.7. The van der Waals surface area contributed by atoms with Crippen molar-refractivity contribution in [3.8, 4) is 11.4 Å². The van der Waals surface area contributed by atoms with Crippen molar-refractivity contribution in [1.29, 1.82) is 0 Å². The van der Waals surface area contributed by atoms with E-state index in [0.29, 0.717) is 23.7 Å². The zero-order valence-corrected chi connectivity index (χ0v) is 18.1. The van der Waals surface area contributed by atoms with Gasteiger partial charge in [-0.15, -0.1) is 0 Å². The van der Waals surface area contributed by atoms with Crippen LogP contribution in [0.1, 0.15) is 93.9 Å². The molecule has 2 aromatic carbocycles. The van der Waals surface area contributed by atoms with E-state index in [1.54, 1.807) is 0 Å². The third-order valence-electron chi connectivity index (χ3n) is 6.36. The van der Waals surface area contributed by atoms with E-state index in [1.807, 2.05) is 0 Å². The fourth-order valence-corrected chi connectivity index (χ4v) is 4.89. The molecule has 28 heavy (non-hydrogen) atoms. The lowest BCUT2D eigenvalue weighted by atomic mass is 9.82. The molecule has 1 aromatic heterocycles. The van der Waals surface area contributed by atoms with Crippen molar-refractivity contribution in [1.82, 2.24) is 4.57 Å². The second-order valence-electron chi connectivity index (χ2n) is 9.15.